The Morgan fingerprint density at radius 1 is 1.35 bits per heavy atom. The number of allylic oxidation sites excluding steroid dienone is 1. The molecule has 0 radical (unpaired) electrons. The molecule has 4 rings (SSSR count). The van der Waals surface area contributed by atoms with Crippen molar-refractivity contribution in [2.24, 2.45) is 4.99 Å². The molecule has 3 heterocycles. The van der Waals surface area contributed by atoms with E-state index in [0.29, 0.717) is 26.2 Å². The van der Waals surface area contributed by atoms with Gasteiger partial charge in [0.25, 0.3) is 11.2 Å². The molecule has 0 fully saturated rings. The van der Waals surface area contributed by atoms with E-state index in [1.807, 2.05) is 17.5 Å². The second-order valence-electron chi connectivity index (χ2n) is 6.67. The van der Waals surface area contributed by atoms with E-state index in [4.69, 9.17) is 4.74 Å². The third-order valence-electron chi connectivity index (χ3n) is 4.71. The van der Waals surface area contributed by atoms with Gasteiger partial charge in [-0.05, 0) is 36.9 Å². The van der Waals surface area contributed by atoms with Gasteiger partial charge in [0.2, 0.25) is 0 Å². The lowest BCUT2D eigenvalue weighted by atomic mass is 10.0. The third-order valence-corrected chi connectivity index (χ3v) is 6.62. The molecule has 1 aliphatic heterocycles. The van der Waals surface area contributed by atoms with Crippen LogP contribution in [0.4, 0.5) is 5.69 Å². The number of rotatable bonds is 5. The van der Waals surface area contributed by atoms with Gasteiger partial charge in [-0.25, -0.2) is 9.79 Å². The standard InChI is InChI=1S/C21H17N3O5S2/c1-3-29-20(26)17-12(2)22-21-23(18(17)15-8-5-9-30-15)19(25)16(31-21)11-13-6-4-7-14(10-13)24(27)28/h4-11,18H,3H2,1-2H3. The highest BCUT2D eigenvalue weighted by atomic mass is 32.1. The van der Waals surface area contributed by atoms with E-state index < -0.39 is 16.9 Å². The zero-order valence-electron chi connectivity index (χ0n) is 16.6. The lowest BCUT2D eigenvalue weighted by molar-refractivity contribution is -0.384. The number of benzene rings is 1. The van der Waals surface area contributed by atoms with Crippen molar-refractivity contribution < 1.29 is 14.5 Å². The van der Waals surface area contributed by atoms with Crippen LogP contribution in [-0.4, -0.2) is 22.1 Å². The van der Waals surface area contributed by atoms with Gasteiger partial charge in [0.05, 0.1) is 27.3 Å². The van der Waals surface area contributed by atoms with Gasteiger partial charge in [0.15, 0.2) is 4.80 Å². The van der Waals surface area contributed by atoms with Gasteiger partial charge >= 0.3 is 5.97 Å². The molecule has 0 saturated carbocycles. The number of carbonyl (C=O) groups excluding carboxylic acids is 1. The van der Waals surface area contributed by atoms with Crippen molar-refractivity contribution in [2.45, 2.75) is 19.9 Å². The van der Waals surface area contributed by atoms with Gasteiger partial charge in [0, 0.05) is 17.0 Å². The lowest BCUT2D eigenvalue weighted by Gasteiger charge is -2.23. The zero-order valence-corrected chi connectivity index (χ0v) is 18.2. The fourth-order valence-corrected chi connectivity index (χ4v) is 5.26. The Bertz CT molecular complexity index is 1380. The lowest BCUT2D eigenvalue weighted by Crippen LogP contribution is -2.39. The van der Waals surface area contributed by atoms with E-state index in [9.17, 15) is 19.7 Å². The summed E-state index contributed by atoms with van der Waals surface area (Å²) < 4.78 is 7.11. The minimum absolute atomic E-state index is 0.0570. The number of carbonyl (C=O) groups is 1. The minimum Gasteiger partial charge on any atom is -0.463 e. The number of nitro benzene ring substituents is 1. The topological polar surface area (TPSA) is 104 Å². The predicted octanol–water partition coefficient (Wildman–Crippen LogP) is 2.77. The number of hydrogen-bond donors (Lipinski definition) is 0. The SMILES string of the molecule is CCOC(=O)C1=C(C)N=c2sc(=Cc3cccc([N+](=O)[O-])c3)c(=O)n2C1c1cccs1. The first-order chi connectivity index (χ1) is 14.9. The summed E-state index contributed by atoms with van der Waals surface area (Å²) >= 11 is 2.62. The highest BCUT2D eigenvalue weighted by Gasteiger charge is 2.33. The second-order valence-corrected chi connectivity index (χ2v) is 8.66. The highest BCUT2D eigenvalue weighted by Crippen LogP contribution is 2.33. The van der Waals surface area contributed by atoms with Crippen molar-refractivity contribution in [3.05, 3.63) is 93.3 Å². The summed E-state index contributed by atoms with van der Waals surface area (Å²) in [5.74, 6) is -0.505. The van der Waals surface area contributed by atoms with E-state index in [1.165, 1.54) is 39.4 Å². The maximum atomic E-state index is 13.4. The van der Waals surface area contributed by atoms with Crippen molar-refractivity contribution in [3.8, 4) is 0 Å². The third kappa shape index (κ3) is 3.87. The summed E-state index contributed by atoms with van der Waals surface area (Å²) in [7, 11) is 0. The molecule has 0 bridgehead atoms. The normalized spacial score (nSPS) is 16.1. The van der Waals surface area contributed by atoms with Crippen molar-refractivity contribution in [1.82, 2.24) is 4.57 Å². The molecule has 0 aliphatic carbocycles. The van der Waals surface area contributed by atoms with Crippen LogP contribution in [0, 0.1) is 10.1 Å². The van der Waals surface area contributed by atoms with Crippen LogP contribution in [0.2, 0.25) is 0 Å². The number of ether oxygens (including phenoxy) is 1. The fourth-order valence-electron chi connectivity index (χ4n) is 3.39. The van der Waals surface area contributed by atoms with Gasteiger partial charge < -0.3 is 4.74 Å². The van der Waals surface area contributed by atoms with Crippen molar-refractivity contribution in [3.63, 3.8) is 0 Å². The number of hydrogen-bond acceptors (Lipinski definition) is 8. The van der Waals surface area contributed by atoms with E-state index in [2.05, 4.69) is 4.99 Å². The number of thiazole rings is 1. The first-order valence-electron chi connectivity index (χ1n) is 9.38. The first kappa shape index (κ1) is 20.9. The van der Waals surface area contributed by atoms with Gasteiger partial charge in [-0.15, -0.1) is 11.3 Å². The molecule has 158 valence electrons. The van der Waals surface area contributed by atoms with Gasteiger partial charge in [-0.3, -0.25) is 19.5 Å². The summed E-state index contributed by atoms with van der Waals surface area (Å²) in [5, 5.41) is 12.9. The Morgan fingerprint density at radius 2 is 2.16 bits per heavy atom. The summed E-state index contributed by atoms with van der Waals surface area (Å²) in [5.41, 5.74) is 0.994. The number of non-ortho nitro benzene ring substituents is 1. The van der Waals surface area contributed by atoms with E-state index in [1.54, 1.807) is 32.1 Å². The molecule has 8 nitrogen and oxygen atoms in total. The van der Waals surface area contributed by atoms with Gasteiger partial charge in [-0.2, -0.15) is 0 Å². The fraction of sp³-hybridized carbons (Fsp3) is 0.190. The molecule has 0 saturated heterocycles. The minimum atomic E-state index is -0.637. The quantitative estimate of drug-likeness (QED) is 0.334. The Kier molecular flexibility index (Phi) is 5.66. The summed E-state index contributed by atoms with van der Waals surface area (Å²) in [6, 6.07) is 9.15. The van der Waals surface area contributed by atoms with Crippen LogP contribution in [0.3, 0.4) is 0 Å². The number of nitro groups is 1. The Labute approximate surface area is 184 Å². The maximum Gasteiger partial charge on any atom is 0.338 e. The maximum absolute atomic E-state index is 13.4. The van der Waals surface area contributed by atoms with E-state index >= 15 is 0 Å². The molecule has 31 heavy (non-hydrogen) atoms. The average molecular weight is 456 g/mol. The Hall–Kier alpha value is -3.37. The van der Waals surface area contributed by atoms with Crippen LogP contribution in [0.5, 0.6) is 0 Å². The van der Waals surface area contributed by atoms with Crippen LogP contribution in [0.1, 0.15) is 30.3 Å². The summed E-state index contributed by atoms with van der Waals surface area (Å²) in [6.07, 6.45) is 1.60. The Balaban J connectivity index is 1.92. The van der Waals surface area contributed by atoms with Crippen LogP contribution in [-0.2, 0) is 9.53 Å². The predicted molar refractivity (Wildman–Crippen MR) is 118 cm³/mol. The summed E-state index contributed by atoms with van der Waals surface area (Å²) in [6.45, 7) is 3.66. The van der Waals surface area contributed by atoms with Crippen LogP contribution < -0.4 is 14.9 Å². The number of aromatic nitrogens is 1. The first-order valence-corrected chi connectivity index (χ1v) is 11.1. The van der Waals surface area contributed by atoms with E-state index in [-0.39, 0.29) is 17.9 Å². The molecule has 0 amide bonds. The molecule has 1 unspecified atom stereocenters. The average Bonchev–Trinajstić information content (AvgIpc) is 3.36. The van der Waals surface area contributed by atoms with E-state index in [0.717, 1.165) is 4.88 Å². The van der Waals surface area contributed by atoms with Gasteiger partial charge in [-0.1, -0.05) is 29.5 Å². The number of fused-ring (bicyclic) bond motifs is 1. The molecule has 10 heteroatoms. The monoisotopic (exact) mass is 455 g/mol. The number of thiophene rings is 1. The van der Waals surface area contributed by atoms with Gasteiger partial charge in [0.1, 0.15) is 6.04 Å². The molecule has 1 aliphatic rings. The molecule has 1 aromatic carbocycles. The Morgan fingerprint density at radius 3 is 2.84 bits per heavy atom. The molecule has 1 atom stereocenters. The molecule has 3 aromatic rings. The molecular formula is C21H17N3O5S2. The van der Waals surface area contributed by atoms with Crippen LogP contribution in [0.15, 0.2) is 62.8 Å². The van der Waals surface area contributed by atoms with Crippen LogP contribution >= 0.6 is 22.7 Å². The molecular weight excluding hydrogens is 438 g/mol. The smallest absolute Gasteiger partial charge is 0.338 e. The highest BCUT2D eigenvalue weighted by molar-refractivity contribution is 7.10. The van der Waals surface area contributed by atoms with Crippen LogP contribution in [0.25, 0.3) is 6.08 Å². The van der Waals surface area contributed by atoms with Crippen molar-refractivity contribution >= 4 is 40.4 Å². The summed E-state index contributed by atoms with van der Waals surface area (Å²) in [4.78, 5) is 42.4. The number of esters is 1. The zero-order chi connectivity index (χ0) is 22.1. The number of nitrogens with zero attached hydrogens (tertiary/aromatic N) is 3. The molecule has 0 N–H and O–H groups in total. The van der Waals surface area contributed by atoms with Crippen molar-refractivity contribution in [2.75, 3.05) is 6.61 Å². The largest absolute Gasteiger partial charge is 0.463 e. The second kappa shape index (κ2) is 8.40. The molecule has 0 spiro atoms. The molecule has 2 aromatic heterocycles. The van der Waals surface area contributed by atoms with Crippen molar-refractivity contribution in [1.29, 1.82) is 0 Å².